The Morgan fingerprint density at radius 3 is 2.36 bits per heavy atom. The van der Waals surface area contributed by atoms with Gasteiger partial charge in [0.1, 0.15) is 11.8 Å². The number of fused-ring (bicyclic) bond motifs is 1. The van der Waals surface area contributed by atoms with Gasteiger partial charge in [0.15, 0.2) is 6.61 Å². The van der Waals surface area contributed by atoms with Crippen molar-refractivity contribution in [3.8, 4) is 16.9 Å². The first kappa shape index (κ1) is 29.6. The van der Waals surface area contributed by atoms with Crippen LogP contribution in [0.15, 0.2) is 60.7 Å². The third-order valence-electron chi connectivity index (χ3n) is 7.99. The third-order valence-corrected chi connectivity index (χ3v) is 8.60. The molecule has 3 aromatic rings. The molecule has 2 N–H and O–H groups in total. The monoisotopic (exact) mass is 590 g/mol. The zero-order valence-electron chi connectivity index (χ0n) is 24.5. The smallest absolute Gasteiger partial charge is 0.265 e. The number of carbonyl (C=O) groups is 2. The fraction of sp³-hybridized carbons (Fsp3) is 0.375. The maximum atomic E-state index is 13.7. The molecule has 5 rings (SSSR count). The molecule has 42 heavy (non-hydrogen) atoms. The van der Waals surface area contributed by atoms with Crippen molar-refractivity contribution in [1.29, 1.82) is 0 Å². The molecular weight excluding hydrogens is 552 g/mol. The maximum Gasteiger partial charge on any atom is 0.265 e. The molecule has 10 heteroatoms. The van der Waals surface area contributed by atoms with Gasteiger partial charge in [-0.3, -0.25) is 19.2 Å². The summed E-state index contributed by atoms with van der Waals surface area (Å²) in [5.41, 5.74) is 5.95. The lowest BCUT2D eigenvalue weighted by Gasteiger charge is -2.35. The summed E-state index contributed by atoms with van der Waals surface area (Å²) in [5, 5.41) is 3.24. The number of rotatable bonds is 9. The number of hydrogen-bond donors (Lipinski definition) is 2. The van der Waals surface area contributed by atoms with E-state index in [0.717, 1.165) is 60.0 Å². The highest BCUT2D eigenvalue weighted by atomic mass is 32.2. The molecule has 2 amide bonds. The normalized spacial score (nSPS) is 16.9. The van der Waals surface area contributed by atoms with Crippen molar-refractivity contribution < 1.29 is 22.7 Å². The molecule has 3 aromatic carbocycles. The van der Waals surface area contributed by atoms with Gasteiger partial charge in [0.25, 0.3) is 5.91 Å². The van der Waals surface area contributed by atoms with Crippen molar-refractivity contribution in [3.05, 3.63) is 77.4 Å². The molecular formula is C32H38N4O5S. The average molecular weight is 591 g/mol. The summed E-state index contributed by atoms with van der Waals surface area (Å²) < 4.78 is 31.6. The fourth-order valence-electron chi connectivity index (χ4n) is 5.60. The minimum Gasteiger partial charge on any atom is -0.482 e. The summed E-state index contributed by atoms with van der Waals surface area (Å²) in [7, 11) is -3.38. The number of likely N-dealkylation sites (tertiary alicyclic amines) is 1. The summed E-state index contributed by atoms with van der Waals surface area (Å²) in [6.45, 7) is 8.25. The van der Waals surface area contributed by atoms with Gasteiger partial charge in [0.05, 0.1) is 18.0 Å². The molecule has 2 aliphatic heterocycles. The summed E-state index contributed by atoms with van der Waals surface area (Å²) in [6, 6.07) is 18.0. The molecule has 0 aliphatic carbocycles. The number of sulfonamides is 1. The second kappa shape index (κ2) is 12.1. The van der Waals surface area contributed by atoms with Gasteiger partial charge in [-0.15, -0.1) is 0 Å². The number of anilines is 2. The van der Waals surface area contributed by atoms with Gasteiger partial charge in [-0.1, -0.05) is 36.4 Å². The zero-order valence-corrected chi connectivity index (χ0v) is 25.3. The molecule has 2 heterocycles. The third kappa shape index (κ3) is 6.77. The predicted octanol–water partition coefficient (Wildman–Crippen LogP) is 4.41. The van der Waals surface area contributed by atoms with E-state index in [-0.39, 0.29) is 24.5 Å². The molecule has 2 atom stereocenters. The van der Waals surface area contributed by atoms with E-state index in [1.807, 2.05) is 62.4 Å². The van der Waals surface area contributed by atoms with Crippen LogP contribution in [0.3, 0.4) is 0 Å². The molecule has 0 radical (unpaired) electrons. The highest BCUT2D eigenvalue weighted by molar-refractivity contribution is 7.92. The molecule has 1 fully saturated rings. The zero-order chi connectivity index (χ0) is 30.0. The summed E-state index contributed by atoms with van der Waals surface area (Å²) in [5.74, 6) is 0.126. The number of hydrogen-bond acceptors (Lipinski definition) is 6. The van der Waals surface area contributed by atoms with Crippen LogP contribution in [0.2, 0.25) is 0 Å². The molecule has 0 saturated carbocycles. The Balaban J connectivity index is 1.38. The van der Waals surface area contributed by atoms with E-state index in [9.17, 15) is 18.0 Å². The number of amides is 2. The van der Waals surface area contributed by atoms with Crippen molar-refractivity contribution in [2.45, 2.75) is 45.7 Å². The molecule has 1 saturated heterocycles. The van der Waals surface area contributed by atoms with Crippen LogP contribution in [-0.4, -0.2) is 63.7 Å². The van der Waals surface area contributed by atoms with Crippen LogP contribution in [0.25, 0.3) is 11.1 Å². The lowest BCUT2D eigenvalue weighted by atomic mass is 9.99. The van der Waals surface area contributed by atoms with Gasteiger partial charge in [0, 0.05) is 12.2 Å². The van der Waals surface area contributed by atoms with Crippen LogP contribution in [0.4, 0.5) is 11.4 Å². The second-order valence-electron chi connectivity index (χ2n) is 11.3. The van der Waals surface area contributed by atoms with Crippen LogP contribution in [0.5, 0.6) is 5.75 Å². The summed E-state index contributed by atoms with van der Waals surface area (Å²) in [4.78, 5) is 30.6. The standard InChI is InChI=1S/C32H38N4O5S/c1-21-16-29-30(17-22(21)2)41-20-31(37)36(29)23(3)32(38)33-28(19-35-14-5-6-15-35)25-12-10-24(11-13-25)26-8-7-9-27(18-26)34-42(4,39)40/h7-13,16-18,23,28,34H,5-6,14-15,19-20H2,1-4H3,(H,33,38). The van der Waals surface area contributed by atoms with Gasteiger partial charge in [-0.05, 0) is 98.8 Å². The Labute approximate surface area is 247 Å². The van der Waals surface area contributed by atoms with E-state index in [1.54, 1.807) is 24.0 Å². The van der Waals surface area contributed by atoms with Crippen molar-refractivity contribution in [2.24, 2.45) is 0 Å². The van der Waals surface area contributed by atoms with E-state index in [2.05, 4.69) is 14.9 Å². The number of ether oxygens (including phenoxy) is 1. The molecule has 2 unspecified atom stereocenters. The molecule has 9 nitrogen and oxygen atoms in total. The topological polar surface area (TPSA) is 108 Å². The first-order valence-electron chi connectivity index (χ1n) is 14.3. The Morgan fingerprint density at radius 2 is 1.67 bits per heavy atom. The van der Waals surface area contributed by atoms with Crippen LogP contribution in [-0.2, 0) is 19.6 Å². The molecule has 222 valence electrons. The van der Waals surface area contributed by atoms with Crippen LogP contribution in [0.1, 0.15) is 42.5 Å². The van der Waals surface area contributed by atoms with E-state index >= 15 is 0 Å². The van der Waals surface area contributed by atoms with Crippen LogP contribution in [0, 0.1) is 13.8 Å². The van der Waals surface area contributed by atoms with E-state index in [4.69, 9.17) is 4.74 Å². The first-order valence-corrected chi connectivity index (χ1v) is 16.1. The number of nitrogens with one attached hydrogen (secondary N) is 2. The van der Waals surface area contributed by atoms with Gasteiger partial charge in [-0.25, -0.2) is 8.42 Å². The highest BCUT2D eigenvalue weighted by Crippen LogP contribution is 2.36. The summed E-state index contributed by atoms with van der Waals surface area (Å²) >= 11 is 0. The Hall–Kier alpha value is -3.89. The molecule has 0 bridgehead atoms. The van der Waals surface area contributed by atoms with E-state index in [0.29, 0.717) is 23.7 Å². The van der Waals surface area contributed by atoms with E-state index < -0.39 is 16.1 Å². The lowest BCUT2D eigenvalue weighted by Crippen LogP contribution is -2.52. The Morgan fingerprint density at radius 1 is 0.976 bits per heavy atom. The van der Waals surface area contributed by atoms with E-state index in [1.165, 1.54) is 0 Å². The number of carbonyl (C=O) groups excluding carboxylic acids is 2. The van der Waals surface area contributed by atoms with Gasteiger partial charge < -0.3 is 15.0 Å². The van der Waals surface area contributed by atoms with Gasteiger partial charge >= 0.3 is 0 Å². The quantitative estimate of drug-likeness (QED) is 0.382. The predicted molar refractivity (Wildman–Crippen MR) is 165 cm³/mol. The van der Waals surface area contributed by atoms with Crippen molar-refractivity contribution >= 4 is 33.2 Å². The minimum absolute atomic E-state index is 0.104. The first-order chi connectivity index (χ1) is 20.0. The fourth-order valence-corrected chi connectivity index (χ4v) is 6.15. The molecule has 0 aromatic heterocycles. The van der Waals surface area contributed by atoms with Crippen LogP contribution >= 0.6 is 0 Å². The number of nitrogens with zero attached hydrogens (tertiary/aromatic N) is 2. The van der Waals surface area contributed by atoms with Gasteiger partial charge in [0.2, 0.25) is 15.9 Å². The number of aryl methyl sites for hydroxylation is 2. The average Bonchev–Trinajstić information content (AvgIpc) is 3.46. The van der Waals surface area contributed by atoms with Crippen molar-refractivity contribution in [3.63, 3.8) is 0 Å². The lowest BCUT2D eigenvalue weighted by molar-refractivity contribution is -0.128. The van der Waals surface area contributed by atoms with Crippen LogP contribution < -0.4 is 19.7 Å². The van der Waals surface area contributed by atoms with Crippen molar-refractivity contribution in [2.75, 3.05) is 42.1 Å². The highest BCUT2D eigenvalue weighted by Gasteiger charge is 2.34. The Bertz CT molecular complexity index is 1580. The van der Waals surface area contributed by atoms with Crippen molar-refractivity contribution in [1.82, 2.24) is 10.2 Å². The maximum absolute atomic E-state index is 13.7. The largest absolute Gasteiger partial charge is 0.482 e. The second-order valence-corrected chi connectivity index (χ2v) is 13.0. The molecule has 2 aliphatic rings. The Kier molecular flexibility index (Phi) is 8.56. The minimum atomic E-state index is -3.38. The number of benzene rings is 3. The summed E-state index contributed by atoms with van der Waals surface area (Å²) in [6.07, 6.45) is 3.39. The van der Waals surface area contributed by atoms with Gasteiger partial charge in [-0.2, -0.15) is 0 Å². The molecule has 0 spiro atoms. The SMILES string of the molecule is Cc1cc2c(cc1C)N(C(C)C(=O)NC(CN1CCCC1)c1ccc(-c3cccc(NS(C)(=O)=O)c3)cc1)C(=O)CO2.